The number of nitrogens with zero attached hydrogens (tertiary/aromatic N) is 1. The zero-order chi connectivity index (χ0) is 26.7. The highest BCUT2D eigenvalue weighted by Crippen LogP contribution is 2.46. The molecule has 1 fully saturated rings. The molecule has 35 heavy (non-hydrogen) atoms. The number of fused-ring (bicyclic) bond motifs is 1. The second kappa shape index (κ2) is 11.4. The Morgan fingerprint density at radius 1 is 1.14 bits per heavy atom. The van der Waals surface area contributed by atoms with Crippen molar-refractivity contribution in [3.8, 4) is 0 Å². The highest BCUT2D eigenvalue weighted by atomic mass is 16.5. The Morgan fingerprint density at radius 3 is 2.26 bits per heavy atom. The summed E-state index contributed by atoms with van der Waals surface area (Å²) in [5, 5.41) is 13.5. The number of allylic oxidation sites excluding steroid dienone is 1. The first-order chi connectivity index (χ1) is 16.2. The highest BCUT2D eigenvalue weighted by Gasteiger charge is 2.59. The van der Waals surface area contributed by atoms with Gasteiger partial charge in [-0.1, -0.05) is 53.7 Å². The molecule has 2 N–H and O–H groups in total. The van der Waals surface area contributed by atoms with Gasteiger partial charge in [-0.2, -0.15) is 0 Å². The van der Waals surface area contributed by atoms with Gasteiger partial charge < -0.3 is 20.1 Å². The number of carbonyl (C=O) groups excluding carboxylic acids is 3. The number of carbonyl (C=O) groups is 3. The Hall–Kier alpha value is -1.89. The minimum absolute atomic E-state index is 0.00384. The number of hydrogen-bond acceptors (Lipinski definition) is 5. The lowest BCUT2D eigenvalue weighted by atomic mass is 9.69. The first-order valence-electron chi connectivity index (χ1n) is 13.3. The molecular weight excluding hydrogens is 444 g/mol. The Labute approximate surface area is 212 Å². The Morgan fingerprint density at radius 2 is 1.77 bits per heavy atom. The van der Waals surface area contributed by atoms with E-state index in [4.69, 9.17) is 4.74 Å². The average Bonchev–Trinajstić information content (AvgIpc) is 3.01. The molecule has 1 aliphatic carbocycles. The normalized spacial score (nSPS) is 27.7. The third-order valence-corrected chi connectivity index (χ3v) is 7.13. The maximum Gasteiger partial charge on any atom is 0.310 e. The molecule has 0 saturated carbocycles. The number of rotatable bonds is 10. The molecule has 2 amide bonds. The van der Waals surface area contributed by atoms with Crippen molar-refractivity contribution in [3.63, 3.8) is 0 Å². The van der Waals surface area contributed by atoms with Gasteiger partial charge in [-0.05, 0) is 57.3 Å². The van der Waals surface area contributed by atoms with Gasteiger partial charge in [0.25, 0.3) is 0 Å². The molecule has 0 aromatic heterocycles. The number of aliphatic hydroxyl groups is 1. The van der Waals surface area contributed by atoms with Crippen molar-refractivity contribution in [2.24, 2.45) is 35.0 Å². The van der Waals surface area contributed by atoms with E-state index in [0.29, 0.717) is 12.8 Å². The van der Waals surface area contributed by atoms with E-state index in [1.165, 1.54) is 0 Å². The molecule has 0 bridgehead atoms. The largest absolute Gasteiger partial charge is 0.466 e. The van der Waals surface area contributed by atoms with Crippen LogP contribution in [0.25, 0.3) is 0 Å². The fourth-order valence-electron chi connectivity index (χ4n) is 6.39. The van der Waals surface area contributed by atoms with E-state index in [9.17, 15) is 19.5 Å². The molecule has 0 aromatic rings. The summed E-state index contributed by atoms with van der Waals surface area (Å²) in [6.07, 6.45) is 5.96. The molecule has 2 rings (SSSR count). The first kappa shape index (κ1) is 29.3. The van der Waals surface area contributed by atoms with Crippen LogP contribution in [0.3, 0.4) is 0 Å². The minimum Gasteiger partial charge on any atom is -0.466 e. The summed E-state index contributed by atoms with van der Waals surface area (Å²) in [6.45, 7) is 18.2. The molecule has 1 heterocycles. The summed E-state index contributed by atoms with van der Waals surface area (Å²) in [5.41, 5.74) is -0.482. The SMILES string of the molecule is CCOC(=O)[C@H]1[C@H]2C(=O)N([C@@H](CO)CC(C)C)[C@H](C(=O)NC(C)(C)CC(C)(C)C)[C@H]2C=C[C@H]1CC. The van der Waals surface area contributed by atoms with Crippen molar-refractivity contribution in [3.05, 3.63) is 12.2 Å². The summed E-state index contributed by atoms with van der Waals surface area (Å²) in [4.78, 5) is 42.5. The summed E-state index contributed by atoms with van der Waals surface area (Å²) in [7, 11) is 0. The molecule has 1 aliphatic heterocycles. The molecule has 0 aromatic carbocycles. The van der Waals surface area contributed by atoms with Gasteiger partial charge in [0, 0.05) is 11.5 Å². The monoisotopic (exact) mass is 492 g/mol. The average molecular weight is 493 g/mol. The molecule has 6 atom stereocenters. The smallest absolute Gasteiger partial charge is 0.310 e. The van der Waals surface area contributed by atoms with Crippen molar-refractivity contribution in [1.29, 1.82) is 0 Å². The van der Waals surface area contributed by atoms with Gasteiger partial charge in [0.15, 0.2) is 0 Å². The van der Waals surface area contributed by atoms with Crippen LogP contribution in [0, 0.1) is 35.0 Å². The van der Waals surface area contributed by atoms with E-state index in [1.54, 1.807) is 11.8 Å². The van der Waals surface area contributed by atoms with E-state index in [-0.39, 0.29) is 48.2 Å². The molecule has 0 unspecified atom stereocenters. The number of esters is 1. The lowest BCUT2D eigenvalue weighted by Gasteiger charge is -2.38. The van der Waals surface area contributed by atoms with E-state index >= 15 is 0 Å². The van der Waals surface area contributed by atoms with Gasteiger partial charge in [0.05, 0.1) is 31.1 Å². The Bertz CT molecular complexity index is 798. The van der Waals surface area contributed by atoms with Crippen molar-refractivity contribution >= 4 is 17.8 Å². The summed E-state index contributed by atoms with van der Waals surface area (Å²) < 4.78 is 5.39. The quantitative estimate of drug-likeness (QED) is 0.356. The first-order valence-corrected chi connectivity index (χ1v) is 13.3. The number of likely N-dealkylation sites (tertiary alicyclic amines) is 1. The van der Waals surface area contributed by atoms with Crippen molar-refractivity contribution in [1.82, 2.24) is 10.2 Å². The predicted molar refractivity (Wildman–Crippen MR) is 137 cm³/mol. The van der Waals surface area contributed by atoms with E-state index in [0.717, 1.165) is 6.42 Å². The summed E-state index contributed by atoms with van der Waals surface area (Å²) in [6, 6.07) is -1.28. The lowest BCUT2D eigenvalue weighted by molar-refractivity contribution is -0.156. The maximum absolute atomic E-state index is 14.0. The molecule has 2 aliphatic rings. The molecule has 1 saturated heterocycles. The molecule has 0 radical (unpaired) electrons. The van der Waals surface area contributed by atoms with Crippen LogP contribution in [0.1, 0.15) is 81.6 Å². The summed E-state index contributed by atoms with van der Waals surface area (Å²) in [5.74, 6) is -2.51. The lowest BCUT2D eigenvalue weighted by Crippen LogP contribution is -2.57. The van der Waals surface area contributed by atoms with Crippen LogP contribution in [-0.2, 0) is 19.1 Å². The summed E-state index contributed by atoms with van der Waals surface area (Å²) >= 11 is 0. The fourth-order valence-corrected chi connectivity index (χ4v) is 6.39. The Kier molecular flexibility index (Phi) is 9.59. The third kappa shape index (κ3) is 6.87. The number of ether oxygens (including phenoxy) is 1. The van der Waals surface area contributed by atoms with E-state index in [2.05, 4.69) is 26.1 Å². The van der Waals surface area contributed by atoms with Gasteiger partial charge in [-0.15, -0.1) is 0 Å². The van der Waals surface area contributed by atoms with Gasteiger partial charge in [-0.3, -0.25) is 14.4 Å². The maximum atomic E-state index is 14.0. The fraction of sp³-hybridized carbons (Fsp3) is 0.821. The van der Waals surface area contributed by atoms with Gasteiger partial charge in [0.1, 0.15) is 6.04 Å². The van der Waals surface area contributed by atoms with E-state index < -0.39 is 35.4 Å². The number of hydrogen-bond donors (Lipinski definition) is 2. The second-order valence-electron chi connectivity index (χ2n) is 12.6. The number of aliphatic hydroxyl groups excluding tert-OH is 1. The van der Waals surface area contributed by atoms with Crippen LogP contribution in [0.15, 0.2) is 12.2 Å². The minimum atomic E-state index is -0.784. The highest BCUT2D eigenvalue weighted by molar-refractivity contribution is 5.96. The molecule has 7 nitrogen and oxygen atoms in total. The van der Waals surface area contributed by atoms with Crippen LogP contribution >= 0.6 is 0 Å². The van der Waals surface area contributed by atoms with Crippen LogP contribution in [0.5, 0.6) is 0 Å². The molecule has 0 spiro atoms. The van der Waals surface area contributed by atoms with Gasteiger partial charge in [0.2, 0.25) is 11.8 Å². The van der Waals surface area contributed by atoms with Crippen LogP contribution in [0.4, 0.5) is 0 Å². The van der Waals surface area contributed by atoms with Crippen LogP contribution in [-0.4, -0.2) is 58.6 Å². The standard InChI is InChI=1S/C28H48N2O5/c1-10-18-12-13-20-22(21(18)26(34)35-11-2)25(33)30(19(15-31)14-17(3)4)23(20)24(32)29-28(8,9)16-27(5,6)7/h12-13,17-23,31H,10-11,14-16H2,1-9H3,(H,29,32)/t18-,19-,20+,21-,22+,23+/m1/s1. The van der Waals surface area contributed by atoms with Crippen molar-refractivity contribution in [2.75, 3.05) is 13.2 Å². The van der Waals surface area contributed by atoms with Crippen LogP contribution < -0.4 is 5.32 Å². The topological polar surface area (TPSA) is 95.9 Å². The van der Waals surface area contributed by atoms with Crippen molar-refractivity contribution < 1.29 is 24.2 Å². The zero-order valence-corrected chi connectivity index (χ0v) is 23.3. The van der Waals surface area contributed by atoms with Gasteiger partial charge in [-0.25, -0.2) is 0 Å². The zero-order valence-electron chi connectivity index (χ0n) is 23.3. The number of amides is 2. The Balaban J connectivity index is 2.54. The second-order valence-corrected chi connectivity index (χ2v) is 12.6. The molecule has 7 heteroatoms. The molecular formula is C28H48N2O5. The third-order valence-electron chi connectivity index (χ3n) is 7.13. The van der Waals surface area contributed by atoms with Crippen molar-refractivity contribution in [2.45, 2.75) is 99.2 Å². The van der Waals surface area contributed by atoms with E-state index in [1.807, 2.05) is 46.8 Å². The van der Waals surface area contributed by atoms with Crippen LogP contribution in [0.2, 0.25) is 0 Å². The molecule has 200 valence electrons. The number of nitrogens with one attached hydrogen (secondary N) is 1. The predicted octanol–water partition coefficient (Wildman–Crippen LogP) is 3.94. The van der Waals surface area contributed by atoms with Gasteiger partial charge >= 0.3 is 5.97 Å².